The molecule has 2 saturated carbocycles. The van der Waals surface area contributed by atoms with Crippen LogP contribution < -0.4 is 0 Å². The van der Waals surface area contributed by atoms with Crippen molar-refractivity contribution in [2.24, 2.45) is 11.8 Å². The van der Waals surface area contributed by atoms with Gasteiger partial charge in [-0.25, -0.2) is 0 Å². The van der Waals surface area contributed by atoms with E-state index in [2.05, 4.69) is 13.8 Å². The molecule has 0 bridgehead atoms. The van der Waals surface area contributed by atoms with Crippen LogP contribution in [-0.2, 0) is 0 Å². The van der Waals surface area contributed by atoms with Gasteiger partial charge in [-0.2, -0.15) is 0 Å². The molecule has 2 fully saturated rings. The molecule has 2 aliphatic carbocycles. The van der Waals surface area contributed by atoms with E-state index in [0.717, 1.165) is 12.8 Å². The van der Waals surface area contributed by atoms with Crippen molar-refractivity contribution < 1.29 is 10.2 Å². The Labute approximate surface area is 87.3 Å². The molecule has 14 heavy (non-hydrogen) atoms. The predicted molar refractivity (Wildman–Crippen MR) is 58.0 cm³/mol. The highest BCUT2D eigenvalue weighted by molar-refractivity contribution is 4.72. The van der Waals surface area contributed by atoms with Gasteiger partial charge in [0.1, 0.15) is 0 Å². The third-order valence-electron chi connectivity index (χ3n) is 3.63. The lowest BCUT2D eigenvalue weighted by Crippen LogP contribution is -2.07. The Bertz CT molecular complexity index is 124. The number of hydrogen-bond donors (Lipinski definition) is 2. The van der Waals surface area contributed by atoms with E-state index in [0.29, 0.717) is 11.8 Å². The summed E-state index contributed by atoms with van der Waals surface area (Å²) in [7, 11) is 0. The van der Waals surface area contributed by atoms with E-state index in [1.165, 1.54) is 25.7 Å². The van der Waals surface area contributed by atoms with Gasteiger partial charge in [-0.05, 0) is 37.5 Å². The number of hydrogen-bond acceptors (Lipinski definition) is 2. The second-order valence-corrected chi connectivity index (χ2v) is 4.95. The van der Waals surface area contributed by atoms with Crippen LogP contribution in [0.5, 0.6) is 0 Å². The van der Waals surface area contributed by atoms with Crippen LogP contribution in [0.2, 0.25) is 0 Å². The van der Waals surface area contributed by atoms with E-state index in [-0.39, 0.29) is 12.2 Å². The topological polar surface area (TPSA) is 40.5 Å². The summed E-state index contributed by atoms with van der Waals surface area (Å²) < 4.78 is 0. The van der Waals surface area contributed by atoms with Gasteiger partial charge in [-0.15, -0.1) is 0 Å². The minimum atomic E-state index is 0.0139. The van der Waals surface area contributed by atoms with E-state index in [9.17, 15) is 0 Å². The van der Waals surface area contributed by atoms with Crippen LogP contribution >= 0.6 is 0 Å². The van der Waals surface area contributed by atoms with Crippen molar-refractivity contribution in [3.8, 4) is 0 Å². The van der Waals surface area contributed by atoms with Gasteiger partial charge in [0.15, 0.2) is 0 Å². The fourth-order valence-electron chi connectivity index (χ4n) is 2.25. The van der Waals surface area contributed by atoms with Crippen molar-refractivity contribution in [3.63, 3.8) is 0 Å². The van der Waals surface area contributed by atoms with Gasteiger partial charge in [0.25, 0.3) is 0 Å². The monoisotopic (exact) mass is 200 g/mol. The lowest BCUT2D eigenvalue weighted by Gasteiger charge is -2.04. The van der Waals surface area contributed by atoms with Crippen molar-refractivity contribution in [1.29, 1.82) is 0 Å². The molecule has 0 amide bonds. The standard InChI is InChI=1S/2C6H12O/c2*1-5-3-2-4-6(5)7/h2*5-7H,2-4H2,1H3/t2*5-,6+/m10/s1. The maximum Gasteiger partial charge on any atom is 0.0565 e. The van der Waals surface area contributed by atoms with Gasteiger partial charge in [-0.1, -0.05) is 26.7 Å². The van der Waals surface area contributed by atoms with Crippen LogP contribution in [0.15, 0.2) is 0 Å². The molecular formula is C12H24O2. The first-order valence-corrected chi connectivity index (χ1v) is 5.97. The first kappa shape index (κ1) is 12.0. The second kappa shape index (κ2) is 5.72. The molecule has 0 heterocycles. The Balaban J connectivity index is 0.000000140. The molecule has 2 aliphatic rings. The maximum absolute atomic E-state index is 9.00. The van der Waals surface area contributed by atoms with E-state index < -0.39 is 0 Å². The number of aliphatic hydroxyl groups is 2. The number of aliphatic hydroxyl groups excluding tert-OH is 2. The predicted octanol–water partition coefficient (Wildman–Crippen LogP) is 2.33. The smallest absolute Gasteiger partial charge is 0.0565 e. The fraction of sp³-hybridized carbons (Fsp3) is 1.00. The van der Waals surface area contributed by atoms with Crippen LogP contribution in [0, 0.1) is 11.8 Å². The highest BCUT2D eigenvalue weighted by Gasteiger charge is 2.20. The Morgan fingerprint density at radius 1 is 0.714 bits per heavy atom. The molecule has 2 rings (SSSR count). The van der Waals surface area contributed by atoms with Gasteiger partial charge in [0.05, 0.1) is 12.2 Å². The van der Waals surface area contributed by atoms with Gasteiger partial charge < -0.3 is 10.2 Å². The minimum Gasteiger partial charge on any atom is -0.393 e. The van der Waals surface area contributed by atoms with E-state index in [4.69, 9.17) is 10.2 Å². The fourth-order valence-corrected chi connectivity index (χ4v) is 2.25. The molecular weight excluding hydrogens is 176 g/mol. The number of rotatable bonds is 0. The van der Waals surface area contributed by atoms with Gasteiger partial charge >= 0.3 is 0 Å². The Morgan fingerprint density at radius 2 is 1.07 bits per heavy atom. The van der Waals surface area contributed by atoms with Crippen LogP contribution in [0.4, 0.5) is 0 Å². The zero-order valence-corrected chi connectivity index (χ0v) is 9.45. The Kier molecular flexibility index (Phi) is 4.90. The molecule has 0 spiro atoms. The maximum atomic E-state index is 9.00. The molecule has 0 aromatic heterocycles. The third kappa shape index (κ3) is 3.58. The third-order valence-corrected chi connectivity index (χ3v) is 3.63. The zero-order chi connectivity index (χ0) is 10.6. The lowest BCUT2D eigenvalue weighted by molar-refractivity contribution is 0.141. The zero-order valence-electron chi connectivity index (χ0n) is 9.45. The summed E-state index contributed by atoms with van der Waals surface area (Å²) in [6, 6.07) is 0. The normalized spacial score (nSPS) is 42.0. The SMILES string of the molecule is C[C@@H]1CCC[C@@H]1O.C[C@H]1CCC[C@H]1O. The first-order valence-electron chi connectivity index (χ1n) is 5.97. The van der Waals surface area contributed by atoms with Crippen molar-refractivity contribution in [2.75, 3.05) is 0 Å². The molecule has 2 nitrogen and oxygen atoms in total. The second-order valence-electron chi connectivity index (χ2n) is 4.95. The van der Waals surface area contributed by atoms with Crippen LogP contribution in [-0.4, -0.2) is 22.4 Å². The average molecular weight is 200 g/mol. The molecule has 0 saturated heterocycles. The lowest BCUT2D eigenvalue weighted by atomic mass is 10.1. The molecule has 0 aliphatic heterocycles. The van der Waals surface area contributed by atoms with Crippen molar-refractivity contribution >= 4 is 0 Å². The van der Waals surface area contributed by atoms with Crippen LogP contribution in [0.25, 0.3) is 0 Å². The molecule has 2 N–H and O–H groups in total. The molecule has 0 unspecified atom stereocenters. The molecule has 4 atom stereocenters. The van der Waals surface area contributed by atoms with Gasteiger partial charge in [0.2, 0.25) is 0 Å². The van der Waals surface area contributed by atoms with Crippen molar-refractivity contribution in [1.82, 2.24) is 0 Å². The summed E-state index contributed by atoms with van der Waals surface area (Å²) in [5.74, 6) is 1.14. The molecule has 0 aromatic carbocycles. The van der Waals surface area contributed by atoms with Crippen molar-refractivity contribution in [3.05, 3.63) is 0 Å². The first-order chi connectivity index (χ1) is 6.61. The largest absolute Gasteiger partial charge is 0.393 e. The summed E-state index contributed by atoms with van der Waals surface area (Å²) in [6.07, 6.45) is 6.98. The quantitative estimate of drug-likeness (QED) is 0.630. The molecule has 0 aromatic rings. The van der Waals surface area contributed by atoms with Gasteiger partial charge in [0, 0.05) is 0 Å². The van der Waals surface area contributed by atoms with Crippen LogP contribution in [0.1, 0.15) is 52.4 Å². The Hall–Kier alpha value is -0.0800. The van der Waals surface area contributed by atoms with E-state index in [1.807, 2.05) is 0 Å². The van der Waals surface area contributed by atoms with E-state index in [1.54, 1.807) is 0 Å². The molecule has 0 radical (unpaired) electrons. The van der Waals surface area contributed by atoms with Crippen molar-refractivity contribution in [2.45, 2.75) is 64.6 Å². The summed E-state index contributed by atoms with van der Waals surface area (Å²) in [5, 5.41) is 18.0. The highest BCUT2D eigenvalue weighted by Crippen LogP contribution is 2.24. The summed E-state index contributed by atoms with van der Waals surface area (Å²) >= 11 is 0. The average Bonchev–Trinajstić information content (AvgIpc) is 2.67. The Morgan fingerprint density at radius 3 is 1.14 bits per heavy atom. The van der Waals surface area contributed by atoms with Gasteiger partial charge in [-0.3, -0.25) is 0 Å². The molecule has 2 heteroatoms. The summed E-state index contributed by atoms with van der Waals surface area (Å²) in [6.45, 7) is 4.22. The highest BCUT2D eigenvalue weighted by atomic mass is 16.3. The summed E-state index contributed by atoms with van der Waals surface area (Å²) in [4.78, 5) is 0. The summed E-state index contributed by atoms with van der Waals surface area (Å²) in [5.41, 5.74) is 0. The molecule has 84 valence electrons. The minimum absolute atomic E-state index is 0.0139. The van der Waals surface area contributed by atoms with Crippen LogP contribution in [0.3, 0.4) is 0 Å². The van der Waals surface area contributed by atoms with E-state index >= 15 is 0 Å².